The quantitative estimate of drug-likeness (QED) is 0.497. The zero-order valence-corrected chi connectivity index (χ0v) is 18.6. The molecule has 0 aliphatic carbocycles. The number of rotatable bonds is 6. The first-order valence-corrected chi connectivity index (χ1v) is 11.1. The van der Waals surface area contributed by atoms with Crippen LogP contribution in [0.4, 0.5) is 24.5 Å². The van der Waals surface area contributed by atoms with Gasteiger partial charge in [0.25, 0.3) is 15.9 Å². The van der Waals surface area contributed by atoms with Crippen LogP contribution in [0.2, 0.25) is 0 Å². The van der Waals surface area contributed by atoms with Crippen LogP contribution in [0.25, 0.3) is 0 Å². The number of halogens is 3. The number of hydrogen-bond donors (Lipinski definition) is 2. The molecule has 0 fully saturated rings. The minimum Gasteiger partial charge on any atom is -0.465 e. The minimum absolute atomic E-state index is 0.0372. The maximum Gasteiger partial charge on any atom is 0.433 e. The second-order valence-corrected chi connectivity index (χ2v) is 8.63. The lowest BCUT2D eigenvalue weighted by Gasteiger charge is -2.13. The number of alkyl halides is 3. The molecule has 0 spiro atoms. The average molecular weight is 493 g/mol. The van der Waals surface area contributed by atoms with Gasteiger partial charge in [-0.25, -0.2) is 18.2 Å². The van der Waals surface area contributed by atoms with Crippen LogP contribution >= 0.6 is 0 Å². The first-order valence-electron chi connectivity index (χ1n) is 9.59. The highest BCUT2D eigenvalue weighted by Gasteiger charge is 2.33. The van der Waals surface area contributed by atoms with E-state index in [9.17, 15) is 31.2 Å². The molecular weight excluding hydrogens is 475 g/mol. The molecule has 8 nitrogen and oxygen atoms in total. The van der Waals surface area contributed by atoms with E-state index in [1.54, 1.807) is 12.1 Å². The van der Waals surface area contributed by atoms with Gasteiger partial charge in [0.1, 0.15) is 5.69 Å². The summed E-state index contributed by atoms with van der Waals surface area (Å²) in [4.78, 5) is 27.7. The first-order chi connectivity index (χ1) is 15.9. The number of amides is 1. The average Bonchev–Trinajstić information content (AvgIpc) is 2.79. The smallest absolute Gasteiger partial charge is 0.433 e. The Labute approximate surface area is 192 Å². The van der Waals surface area contributed by atoms with Gasteiger partial charge >= 0.3 is 12.1 Å². The summed E-state index contributed by atoms with van der Waals surface area (Å²) in [6.07, 6.45) is -4.67. The van der Waals surface area contributed by atoms with Gasteiger partial charge in [-0.2, -0.15) is 13.2 Å². The number of aromatic nitrogens is 1. The fourth-order valence-electron chi connectivity index (χ4n) is 2.91. The third-order valence-electron chi connectivity index (χ3n) is 4.61. The van der Waals surface area contributed by atoms with Crippen molar-refractivity contribution in [3.63, 3.8) is 0 Å². The van der Waals surface area contributed by atoms with Crippen molar-refractivity contribution in [2.24, 2.45) is 0 Å². The van der Waals surface area contributed by atoms with E-state index in [0.717, 1.165) is 12.1 Å². The molecular formula is C22H18F3N3O5S. The predicted octanol–water partition coefficient (Wildman–Crippen LogP) is 4.25. The molecule has 0 bridgehead atoms. The Bertz CT molecular complexity index is 1360. The number of methoxy groups -OCH3 is 1. The SMILES string of the molecule is COC(=O)c1ccccc1NC(=O)c1cccc(S(=O)(=O)Nc2ccc(C(F)(F)F)nc2C)c1. The van der Waals surface area contributed by atoms with Crippen molar-refractivity contribution >= 4 is 33.3 Å². The number of esters is 1. The standard InChI is InChI=1S/C22H18F3N3O5S/c1-13-17(10-11-19(26-13)22(23,24)25)28-34(31,32)15-7-5-6-14(12-15)20(29)27-18-9-4-3-8-16(18)21(30)33-2/h3-12,28H,1-2H3,(H,27,29). The van der Waals surface area contributed by atoms with Crippen molar-refractivity contribution in [3.8, 4) is 0 Å². The number of benzene rings is 2. The largest absolute Gasteiger partial charge is 0.465 e. The number of pyridine rings is 1. The molecule has 0 saturated heterocycles. The number of carbonyl (C=O) groups is 2. The number of nitrogens with zero attached hydrogens (tertiary/aromatic N) is 1. The summed E-state index contributed by atoms with van der Waals surface area (Å²) in [7, 11) is -3.07. The van der Waals surface area contributed by atoms with Gasteiger partial charge in [-0.1, -0.05) is 18.2 Å². The molecule has 2 N–H and O–H groups in total. The Hall–Kier alpha value is -3.93. The third-order valence-corrected chi connectivity index (χ3v) is 5.97. The fraction of sp³-hybridized carbons (Fsp3) is 0.136. The molecule has 1 aromatic heterocycles. The predicted molar refractivity (Wildman–Crippen MR) is 117 cm³/mol. The fourth-order valence-corrected chi connectivity index (χ4v) is 4.07. The van der Waals surface area contributed by atoms with E-state index in [-0.39, 0.29) is 33.1 Å². The van der Waals surface area contributed by atoms with Crippen molar-refractivity contribution in [3.05, 3.63) is 83.2 Å². The van der Waals surface area contributed by atoms with Gasteiger partial charge in [0.15, 0.2) is 0 Å². The van der Waals surface area contributed by atoms with E-state index in [1.165, 1.54) is 44.4 Å². The summed E-state index contributed by atoms with van der Waals surface area (Å²) in [5, 5.41) is 2.53. The molecule has 0 saturated carbocycles. The van der Waals surface area contributed by atoms with Crippen molar-refractivity contribution < 1.29 is 35.9 Å². The summed E-state index contributed by atoms with van der Waals surface area (Å²) in [5.41, 5.74) is -1.24. The van der Waals surface area contributed by atoms with Gasteiger partial charge in [-0.3, -0.25) is 9.52 Å². The Balaban J connectivity index is 1.85. The van der Waals surface area contributed by atoms with Gasteiger partial charge in [0, 0.05) is 5.56 Å². The molecule has 0 aliphatic heterocycles. The summed E-state index contributed by atoms with van der Waals surface area (Å²) in [6.45, 7) is 1.23. The molecule has 12 heteroatoms. The number of carbonyl (C=O) groups excluding carboxylic acids is 2. The molecule has 3 aromatic rings. The number of ether oxygens (including phenoxy) is 1. The molecule has 0 unspecified atom stereocenters. The van der Waals surface area contributed by atoms with Gasteiger partial charge in [0.05, 0.1) is 34.6 Å². The van der Waals surface area contributed by atoms with E-state index < -0.39 is 33.8 Å². The molecule has 0 aliphatic rings. The molecule has 178 valence electrons. The highest BCUT2D eigenvalue weighted by molar-refractivity contribution is 7.92. The second-order valence-electron chi connectivity index (χ2n) is 6.95. The van der Waals surface area contributed by atoms with E-state index in [4.69, 9.17) is 0 Å². The Kier molecular flexibility index (Phi) is 6.91. The van der Waals surface area contributed by atoms with Crippen molar-refractivity contribution in [1.29, 1.82) is 0 Å². The van der Waals surface area contributed by atoms with Crippen LogP contribution < -0.4 is 10.0 Å². The summed E-state index contributed by atoms with van der Waals surface area (Å²) < 4.78 is 70.9. The number of sulfonamides is 1. The van der Waals surface area contributed by atoms with Gasteiger partial charge in [-0.05, 0) is 49.4 Å². The van der Waals surface area contributed by atoms with Crippen LogP contribution in [-0.4, -0.2) is 32.4 Å². The number of aryl methyl sites for hydroxylation is 1. The highest BCUT2D eigenvalue weighted by atomic mass is 32.2. The van der Waals surface area contributed by atoms with Crippen molar-refractivity contribution in [2.75, 3.05) is 17.1 Å². The molecule has 0 radical (unpaired) electrons. The highest BCUT2D eigenvalue weighted by Crippen LogP contribution is 2.30. The topological polar surface area (TPSA) is 114 Å². The number of para-hydroxylation sites is 1. The van der Waals surface area contributed by atoms with E-state index in [0.29, 0.717) is 6.07 Å². The number of anilines is 2. The van der Waals surface area contributed by atoms with E-state index in [2.05, 4.69) is 19.8 Å². The number of hydrogen-bond acceptors (Lipinski definition) is 6. The summed E-state index contributed by atoms with van der Waals surface area (Å²) in [6, 6.07) is 12.7. The maximum atomic E-state index is 12.8. The van der Waals surface area contributed by atoms with Crippen LogP contribution in [0.5, 0.6) is 0 Å². The maximum absolute atomic E-state index is 12.8. The van der Waals surface area contributed by atoms with Gasteiger partial charge < -0.3 is 10.1 Å². The van der Waals surface area contributed by atoms with Gasteiger partial charge in [-0.15, -0.1) is 0 Å². The molecule has 0 atom stereocenters. The van der Waals surface area contributed by atoms with Crippen molar-refractivity contribution in [2.45, 2.75) is 18.0 Å². The number of nitrogens with one attached hydrogen (secondary N) is 2. The molecule has 1 heterocycles. The lowest BCUT2D eigenvalue weighted by molar-refractivity contribution is -0.141. The van der Waals surface area contributed by atoms with Crippen LogP contribution in [0.1, 0.15) is 32.1 Å². The first kappa shape index (κ1) is 24.7. The van der Waals surface area contributed by atoms with Crippen LogP contribution in [0.15, 0.2) is 65.6 Å². The van der Waals surface area contributed by atoms with E-state index >= 15 is 0 Å². The minimum atomic E-state index is -4.67. The Morgan fingerprint density at radius 3 is 2.32 bits per heavy atom. The zero-order valence-electron chi connectivity index (χ0n) is 17.8. The zero-order chi connectivity index (χ0) is 25.1. The summed E-state index contributed by atoms with van der Waals surface area (Å²) in [5.74, 6) is -1.36. The van der Waals surface area contributed by atoms with Crippen LogP contribution in [0, 0.1) is 6.92 Å². The van der Waals surface area contributed by atoms with Crippen molar-refractivity contribution in [1.82, 2.24) is 4.98 Å². The normalized spacial score (nSPS) is 11.6. The monoisotopic (exact) mass is 493 g/mol. The van der Waals surface area contributed by atoms with Gasteiger partial charge in [0.2, 0.25) is 0 Å². The van der Waals surface area contributed by atoms with Crippen LogP contribution in [0.3, 0.4) is 0 Å². The van der Waals surface area contributed by atoms with E-state index in [1.807, 2.05) is 0 Å². The lowest BCUT2D eigenvalue weighted by Crippen LogP contribution is -2.18. The summed E-state index contributed by atoms with van der Waals surface area (Å²) >= 11 is 0. The third kappa shape index (κ3) is 5.52. The molecule has 1 amide bonds. The molecule has 2 aromatic carbocycles. The Morgan fingerprint density at radius 2 is 1.68 bits per heavy atom. The molecule has 34 heavy (non-hydrogen) atoms. The van der Waals surface area contributed by atoms with Crippen LogP contribution in [-0.2, 0) is 20.9 Å². The second kappa shape index (κ2) is 9.51. The lowest BCUT2D eigenvalue weighted by atomic mass is 10.1. The Morgan fingerprint density at radius 1 is 0.971 bits per heavy atom. The molecule has 3 rings (SSSR count).